The second kappa shape index (κ2) is 9.16. The fourth-order valence-corrected chi connectivity index (χ4v) is 4.28. The predicted molar refractivity (Wildman–Crippen MR) is 108 cm³/mol. The van der Waals surface area contributed by atoms with E-state index in [9.17, 15) is 13.6 Å². The molecule has 0 bridgehead atoms. The molecule has 0 atom stereocenters. The van der Waals surface area contributed by atoms with Crippen LogP contribution in [0.3, 0.4) is 0 Å². The number of nitrogens with one attached hydrogen (secondary N) is 1. The molecule has 1 saturated heterocycles. The van der Waals surface area contributed by atoms with Crippen LogP contribution in [0.1, 0.15) is 35.4 Å². The molecule has 2 aromatic heterocycles. The smallest absolute Gasteiger partial charge is 0.274 e. The van der Waals surface area contributed by atoms with E-state index in [1.165, 1.54) is 24.7 Å². The van der Waals surface area contributed by atoms with Crippen LogP contribution in [0.15, 0.2) is 38.7 Å². The number of carbonyl (C=O) groups is 1. The van der Waals surface area contributed by atoms with E-state index in [0.29, 0.717) is 11.6 Å². The minimum absolute atomic E-state index is 0.251. The van der Waals surface area contributed by atoms with E-state index in [1.807, 2.05) is 6.07 Å². The van der Waals surface area contributed by atoms with Gasteiger partial charge in [-0.25, -0.2) is 14.3 Å². The Morgan fingerprint density at radius 1 is 1.19 bits per heavy atom. The molecule has 4 rings (SSSR count). The van der Waals surface area contributed by atoms with Gasteiger partial charge < -0.3 is 8.98 Å². The van der Waals surface area contributed by atoms with Crippen molar-refractivity contribution in [1.29, 1.82) is 0 Å². The second-order valence-electron chi connectivity index (χ2n) is 7.28. The van der Waals surface area contributed by atoms with E-state index in [0.717, 1.165) is 49.3 Å². The number of benzene rings is 1. The number of aromatic nitrogens is 3. The Morgan fingerprint density at radius 3 is 2.58 bits per heavy atom. The quantitative estimate of drug-likeness (QED) is 0.438. The summed E-state index contributed by atoms with van der Waals surface area (Å²) in [6.45, 7) is 2.83. The van der Waals surface area contributed by atoms with E-state index < -0.39 is 17.5 Å². The molecule has 1 fully saturated rings. The monoisotopic (exact) mass is 449 g/mol. The van der Waals surface area contributed by atoms with Gasteiger partial charge in [-0.2, -0.15) is 0 Å². The van der Waals surface area contributed by atoms with Gasteiger partial charge in [0.2, 0.25) is 0 Å². The van der Waals surface area contributed by atoms with Gasteiger partial charge in [-0.1, -0.05) is 6.42 Å². The number of halogens is 2. The van der Waals surface area contributed by atoms with Crippen LogP contribution in [0.25, 0.3) is 11.6 Å². The summed E-state index contributed by atoms with van der Waals surface area (Å²) in [5.74, 6) is -1.13. The molecule has 0 radical (unpaired) electrons. The second-order valence-corrected chi connectivity index (χ2v) is 8.26. The number of amides is 1. The first kappa shape index (κ1) is 21.5. The van der Waals surface area contributed by atoms with E-state index in [2.05, 4.69) is 15.1 Å². The minimum atomic E-state index is -1.01. The standard InChI is InChI=1S/C20H21F2N5O3S/c1-26-18(16-6-5-13(30-16)11-27-7-3-2-4-8-27)23-24-20(26)31-17-14(21)9-12(10-15(17)22)19(28)25-29/h5-6,9-10,29H,2-4,7-8,11H2,1H3,(H,25,28). The molecule has 11 heteroatoms. The molecule has 0 saturated carbocycles. The molecule has 0 unspecified atom stereocenters. The van der Waals surface area contributed by atoms with Crippen molar-refractivity contribution in [3.8, 4) is 11.6 Å². The van der Waals surface area contributed by atoms with Crippen molar-refractivity contribution in [2.45, 2.75) is 35.9 Å². The molecular formula is C20H21F2N5O3S. The van der Waals surface area contributed by atoms with Crippen molar-refractivity contribution < 1.29 is 23.2 Å². The third-order valence-corrected chi connectivity index (χ3v) is 6.23. The molecule has 0 spiro atoms. The highest BCUT2D eigenvalue weighted by atomic mass is 32.2. The first-order valence-electron chi connectivity index (χ1n) is 9.78. The summed E-state index contributed by atoms with van der Waals surface area (Å²) in [4.78, 5) is 13.4. The number of nitrogens with zero attached hydrogens (tertiary/aromatic N) is 4. The molecule has 1 aliphatic rings. The Labute approximate surface area is 181 Å². The lowest BCUT2D eigenvalue weighted by atomic mass is 10.1. The maximum atomic E-state index is 14.4. The summed E-state index contributed by atoms with van der Waals surface area (Å²) in [7, 11) is 1.67. The molecule has 3 heterocycles. The molecule has 31 heavy (non-hydrogen) atoms. The Balaban J connectivity index is 1.52. The van der Waals surface area contributed by atoms with Crippen molar-refractivity contribution >= 4 is 17.7 Å². The number of carbonyl (C=O) groups excluding carboxylic acids is 1. The van der Waals surface area contributed by atoms with Crippen LogP contribution >= 0.6 is 11.8 Å². The minimum Gasteiger partial charge on any atom is -0.456 e. The third kappa shape index (κ3) is 4.63. The Kier molecular flexibility index (Phi) is 6.35. The summed E-state index contributed by atoms with van der Waals surface area (Å²) in [5, 5.41) is 17.0. The normalized spacial score (nSPS) is 14.7. The summed E-state index contributed by atoms with van der Waals surface area (Å²) in [6.07, 6.45) is 3.64. The van der Waals surface area contributed by atoms with Crippen molar-refractivity contribution in [3.05, 3.63) is 47.2 Å². The SMILES string of the molecule is Cn1c(Sc2c(F)cc(C(=O)NO)cc2F)nnc1-c1ccc(CN2CCCCC2)o1. The lowest BCUT2D eigenvalue weighted by Crippen LogP contribution is -2.28. The molecule has 1 aliphatic heterocycles. The topological polar surface area (TPSA) is 96.4 Å². The number of piperidine rings is 1. The molecule has 1 aromatic carbocycles. The molecule has 0 aliphatic carbocycles. The van der Waals surface area contributed by atoms with E-state index in [4.69, 9.17) is 9.62 Å². The molecular weight excluding hydrogens is 428 g/mol. The van der Waals surface area contributed by atoms with Gasteiger partial charge in [0.15, 0.2) is 16.7 Å². The maximum Gasteiger partial charge on any atom is 0.274 e. The number of furan rings is 1. The van der Waals surface area contributed by atoms with E-state index >= 15 is 0 Å². The van der Waals surface area contributed by atoms with Gasteiger partial charge in [0.1, 0.15) is 17.4 Å². The van der Waals surface area contributed by atoms with Crippen LogP contribution in [-0.2, 0) is 13.6 Å². The van der Waals surface area contributed by atoms with Gasteiger partial charge in [0.05, 0.1) is 11.4 Å². The molecule has 1 amide bonds. The zero-order valence-electron chi connectivity index (χ0n) is 16.8. The number of hydroxylamine groups is 1. The summed E-state index contributed by atoms with van der Waals surface area (Å²) in [6, 6.07) is 5.39. The zero-order chi connectivity index (χ0) is 22.0. The number of likely N-dealkylation sites (tertiary alicyclic amines) is 1. The third-order valence-electron chi connectivity index (χ3n) is 5.10. The van der Waals surface area contributed by atoms with Gasteiger partial charge in [-0.15, -0.1) is 10.2 Å². The van der Waals surface area contributed by atoms with Crippen molar-refractivity contribution in [3.63, 3.8) is 0 Å². The van der Waals surface area contributed by atoms with Crippen LogP contribution < -0.4 is 5.48 Å². The van der Waals surface area contributed by atoms with Gasteiger partial charge in [0.25, 0.3) is 5.91 Å². The van der Waals surface area contributed by atoms with Gasteiger partial charge in [-0.05, 0) is 62.0 Å². The Hall–Kier alpha value is -2.76. The van der Waals surface area contributed by atoms with E-state index in [-0.39, 0.29) is 15.6 Å². The van der Waals surface area contributed by atoms with Gasteiger partial charge in [-0.3, -0.25) is 14.9 Å². The summed E-state index contributed by atoms with van der Waals surface area (Å²) in [5.41, 5.74) is 1.01. The average molecular weight is 449 g/mol. The van der Waals surface area contributed by atoms with Gasteiger partial charge in [0, 0.05) is 12.6 Å². The van der Waals surface area contributed by atoms with Crippen LogP contribution in [0.2, 0.25) is 0 Å². The zero-order valence-corrected chi connectivity index (χ0v) is 17.6. The molecule has 164 valence electrons. The number of rotatable bonds is 6. The Morgan fingerprint density at radius 2 is 1.90 bits per heavy atom. The first-order valence-corrected chi connectivity index (χ1v) is 10.6. The summed E-state index contributed by atoms with van der Waals surface area (Å²) < 4.78 is 36.3. The molecule has 3 aromatic rings. The van der Waals surface area contributed by atoms with Crippen LogP contribution in [0.4, 0.5) is 8.78 Å². The lowest BCUT2D eigenvalue weighted by Gasteiger charge is -2.25. The largest absolute Gasteiger partial charge is 0.456 e. The van der Waals surface area contributed by atoms with Crippen molar-refractivity contribution in [2.75, 3.05) is 13.1 Å². The summed E-state index contributed by atoms with van der Waals surface area (Å²) >= 11 is 0.741. The van der Waals surface area contributed by atoms with Gasteiger partial charge >= 0.3 is 0 Å². The number of hydrogen-bond donors (Lipinski definition) is 2. The van der Waals surface area contributed by atoms with E-state index in [1.54, 1.807) is 17.7 Å². The average Bonchev–Trinajstić information content (AvgIpc) is 3.37. The van der Waals surface area contributed by atoms with Crippen LogP contribution in [-0.4, -0.2) is 43.9 Å². The Bertz CT molecular complexity index is 1070. The van der Waals surface area contributed by atoms with Crippen molar-refractivity contribution in [1.82, 2.24) is 25.1 Å². The fourth-order valence-electron chi connectivity index (χ4n) is 3.48. The van der Waals surface area contributed by atoms with Crippen LogP contribution in [0.5, 0.6) is 0 Å². The predicted octanol–water partition coefficient (Wildman–Crippen LogP) is 3.61. The van der Waals surface area contributed by atoms with Crippen LogP contribution in [0, 0.1) is 11.6 Å². The maximum absolute atomic E-state index is 14.4. The van der Waals surface area contributed by atoms with Crippen molar-refractivity contribution in [2.24, 2.45) is 7.05 Å². The molecule has 8 nitrogen and oxygen atoms in total. The highest BCUT2D eigenvalue weighted by Crippen LogP contribution is 2.33. The first-order chi connectivity index (χ1) is 15.0. The number of hydrogen-bond acceptors (Lipinski definition) is 7. The lowest BCUT2D eigenvalue weighted by molar-refractivity contribution is 0.0705. The molecule has 2 N–H and O–H groups in total. The highest BCUT2D eigenvalue weighted by Gasteiger charge is 2.21. The fraction of sp³-hybridized carbons (Fsp3) is 0.350. The highest BCUT2D eigenvalue weighted by molar-refractivity contribution is 7.99.